The second kappa shape index (κ2) is 27.8. The number of ether oxygens (including phenoxy) is 4. The van der Waals surface area contributed by atoms with Gasteiger partial charge in [-0.25, -0.2) is 14.6 Å². The molecule has 18 nitrogen and oxygen atoms in total. The summed E-state index contributed by atoms with van der Waals surface area (Å²) < 4.78 is 116. The number of rotatable bonds is 16. The minimum absolute atomic E-state index is 0.00700. The van der Waals surface area contributed by atoms with Crippen molar-refractivity contribution in [2.45, 2.75) is 44.1 Å². The van der Waals surface area contributed by atoms with Crippen LogP contribution in [0.1, 0.15) is 51.3 Å². The van der Waals surface area contributed by atoms with Crippen LogP contribution in [0.15, 0.2) is 133 Å². The van der Waals surface area contributed by atoms with Crippen molar-refractivity contribution < 1.29 is 87.0 Å². The normalized spacial score (nSPS) is 12.7. The number of pyridine rings is 2. The molecule has 2 amide bonds. The van der Waals surface area contributed by atoms with Gasteiger partial charge in [0.15, 0.2) is 5.82 Å². The first-order chi connectivity index (χ1) is 37.6. The molecule has 0 spiro atoms. The number of H-pyrrole nitrogens is 1. The summed E-state index contributed by atoms with van der Waals surface area (Å²) in [6.07, 6.45) is -4.09. The maximum atomic E-state index is 13.0. The molecule has 1 unspecified atom stereocenters. The molecule has 4 aromatic carbocycles. The van der Waals surface area contributed by atoms with Crippen molar-refractivity contribution in [2.75, 3.05) is 31.4 Å². The van der Waals surface area contributed by atoms with Crippen molar-refractivity contribution in [3.8, 4) is 34.5 Å². The van der Waals surface area contributed by atoms with E-state index in [1.807, 2.05) is 6.07 Å². The van der Waals surface area contributed by atoms with Crippen molar-refractivity contribution in [1.29, 1.82) is 0 Å². The number of aromatic amines is 1. The number of amides is 2. The first kappa shape index (κ1) is 59.9. The van der Waals surface area contributed by atoms with E-state index in [0.29, 0.717) is 58.9 Å². The van der Waals surface area contributed by atoms with E-state index in [9.17, 15) is 45.5 Å². The molecule has 413 valence electrons. The number of imidazole rings is 1. The zero-order valence-electron chi connectivity index (χ0n) is 41.0. The zero-order valence-corrected chi connectivity index (χ0v) is 43.7. The third-order valence-corrected chi connectivity index (χ3v) is 11.5. The summed E-state index contributed by atoms with van der Waals surface area (Å²) in [6.45, 7) is 0.242. The van der Waals surface area contributed by atoms with Gasteiger partial charge in [0.1, 0.15) is 52.0 Å². The summed E-state index contributed by atoms with van der Waals surface area (Å²) in [6, 6.07) is 26.6. The summed E-state index contributed by atoms with van der Waals surface area (Å²) in [7, 11) is 2.57. The van der Waals surface area contributed by atoms with Crippen LogP contribution in [0.3, 0.4) is 0 Å². The molecule has 8 rings (SSSR count). The molecule has 1 aliphatic rings. The van der Waals surface area contributed by atoms with Crippen LogP contribution in [0.25, 0.3) is 11.5 Å². The number of aliphatic imine (C=N–C) groups is 1. The molecule has 1 aliphatic heterocycles. The Morgan fingerprint density at radius 2 is 1.13 bits per heavy atom. The number of nitrogens with zero attached hydrogens (tertiary/aromatic N) is 4. The number of methoxy groups -OCH3 is 2. The quantitative estimate of drug-likeness (QED) is 0.0400. The number of anilines is 2. The summed E-state index contributed by atoms with van der Waals surface area (Å²) in [5, 5.41) is 7.03. The van der Waals surface area contributed by atoms with Crippen LogP contribution in [0, 0.1) is 0 Å². The van der Waals surface area contributed by atoms with Gasteiger partial charge < -0.3 is 39.9 Å². The van der Waals surface area contributed by atoms with E-state index in [1.54, 1.807) is 72.9 Å². The molecule has 79 heavy (non-hydrogen) atoms. The van der Waals surface area contributed by atoms with E-state index in [4.69, 9.17) is 45.1 Å². The molecule has 4 heterocycles. The number of benzene rings is 4. The van der Waals surface area contributed by atoms with Gasteiger partial charge in [-0.2, -0.15) is 26.3 Å². The van der Waals surface area contributed by atoms with Crippen LogP contribution in [-0.2, 0) is 71.5 Å². The summed E-state index contributed by atoms with van der Waals surface area (Å²) in [5.74, 6) is 0.914. The molecule has 0 radical (unpaired) electrons. The Labute approximate surface area is 460 Å². The number of nitrogens with one attached hydrogen (secondary N) is 4. The first-order valence-corrected chi connectivity index (χ1v) is 24.6. The Bertz CT molecular complexity index is 3400. The second-order valence-corrected chi connectivity index (χ2v) is 17.4. The van der Waals surface area contributed by atoms with Gasteiger partial charge >= 0.3 is 46.8 Å². The van der Waals surface area contributed by atoms with Crippen LogP contribution < -0.4 is 25.4 Å². The molecular weight excluding hydrogens is 1140 g/mol. The van der Waals surface area contributed by atoms with E-state index in [-0.39, 0.29) is 36.5 Å². The molecule has 27 heteroatoms. The third-order valence-electron chi connectivity index (χ3n) is 10.8. The number of esters is 2. The van der Waals surface area contributed by atoms with Gasteiger partial charge in [0, 0.05) is 48.7 Å². The van der Waals surface area contributed by atoms with Crippen molar-refractivity contribution >= 4 is 64.2 Å². The fourth-order valence-corrected chi connectivity index (χ4v) is 7.60. The number of amidine groups is 1. The number of alkyl halides is 6. The van der Waals surface area contributed by atoms with Gasteiger partial charge in [0.2, 0.25) is 11.8 Å². The van der Waals surface area contributed by atoms with Crippen molar-refractivity contribution in [2.24, 2.45) is 4.99 Å². The Hall–Kier alpha value is -8.38. The molecule has 4 N–H and O–H groups in total. The SMILES string of the molecule is COC(=O)C1CN=C(c2cc(Oc3cccc(CCC(=O)Nc4ccc(Cl)c(C(F)(F)F)c4)c3)ccn2)N1.COC(=O)c1cnc(-c2cc(Oc3cccc(CCC(=O)Nc4ccc(Cl)c(C(F)(F)F)c4)c3)ccn2)[nH]1.[O]=[Mn]=[O]. The van der Waals surface area contributed by atoms with Gasteiger partial charge in [0.25, 0.3) is 0 Å². The molecule has 0 aliphatic carbocycles. The van der Waals surface area contributed by atoms with E-state index >= 15 is 0 Å². The van der Waals surface area contributed by atoms with E-state index in [2.05, 4.69) is 45.6 Å². The number of carbonyl (C=O) groups is 4. The van der Waals surface area contributed by atoms with Gasteiger partial charge in [-0.15, -0.1) is 0 Å². The van der Waals surface area contributed by atoms with Crippen LogP contribution in [0.4, 0.5) is 37.7 Å². The van der Waals surface area contributed by atoms with E-state index < -0.39 is 78.1 Å². The zero-order chi connectivity index (χ0) is 57.3. The van der Waals surface area contributed by atoms with Crippen LogP contribution in [-0.4, -0.2) is 76.3 Å². The van der Waals surface area contributed by atoms with Gasteiger partial charge in [0.05, 0.1) is 48.1 Å². The number of hydrogen-bond acceptors (Lipinski definition) is 15. The number of halogens is 8. The maximum absolute atomic E-state index is 13.0. The predicted molar refractivity (Wildman–Crippen MR) is 269 cm³/mol. The summed E-state index contributed by atoms with van der Waals surface area (Å²) in [4.78, 5) is 67.8. The van der Waals surface area contributed by atoms with E-state index in [1.165, 1.54) is 38.7 Å². The van der Waals surface area contributed by atoms with Gasteiger partial charge in [-0.1, -0.05) is 47.5 Å². The Morgan fingerprint density at radius 1 is 0.646 bits per heavy atom. The van der Waals surface area contributed by atoms with E-state index in [0.717, 1.165) is 35.4 Å². The molecule has 0 bridgehead atoms. The number of hydrogen-bond donors (Lipinski definition) is 4. The summed E-state index contributed by atoms with van der Waals surface area (Å²) >= 11 is 9.80. The van der Waals surface area contributed by atoms with Crippen molar-refractivity contribution in [1.82, 2.24) is 25.3 Å². The minimum atomic E-state index is -4.63. The molecule has 0 saturated heterocycles. The first-order valence-electron chi connectivity index (χ1n) is 22.9. The third kappa shape index (κ3) is 17.8. The second-order valence-electron chi connectivity index (χ2n) is 16.3. The van der Waals surface area contributed by atoms with Crippen LogP contribution in [0.2, 0.25) is 10.0 Å². The molecule has 7 aromatic rings. The molecule has 0 saturated carbocycles. The molecule has 3 aromatic heterocycles. The number of aryl methyl sites for hydroxylation is 2. The topological polar surface area (TPSA) is 242 Å². The Morgan fingerprint density at radius 3 is 1.61 bits per heavy atom. The average molecular weight is 1180 g/mol. The van der Waals surface area contributed by atoms with Crippen molar-refractivity contribution in [3.05, 3.63) is 171 Å². The Balaban J connectivity index is 0.000000243. The van der Waals surface area contributed by atoms with Crippen LogP contribution in [0.5, 0.6) is 23.0 Å². The van der Waals surface area contributed by atoms with Gasteiger partial charge in [-0.3, -0.25) is 24.5 Å². The summed E-state index contributed by atoms with van der Waals surface area (Å²) in [5.41, 5.74) is 0.694. The van der Waals surface area contributed by atoms with Crippen LogP contribution >= 0.6 is 23.2 Å². The predicted octanol–water partition coefficient (Wildman–Crippen LogP) is 11.1. The molecule has 0 fully saturated rings. The number of aromatic nitrogens is 4. The van der Waals surface area contributed by atoms with Gasteiger partial charge in [-0.05, 0) is 96.8 Å². The molecular formula is C52H42Cl2F6MnN8O10. The fourth-order valence-electron chi connectivity index (χ4n) is 7.15. The molecule has 1 atom stereocenters. The Kier molecular flexibility index (Phi) is 21.1. The standard InChI is InChI=1S/C26H22ClF3N4O4.C26H20ClF3N4O4.Mn.2O/c2*1-37-25(36)22-14-32-24(34-22)21-13-18(9-10-31-21)38-17-4-2-3-15(11-17)5-8-23(35)33-16-6-7-20(27)19(12-16)26(28,29)30;;;/h2-4,6-7,9-13,22H,5,8,14H2,1H3,(H,32,34)(H,33,35);2-4,6-7,9-14H,5,8H2,1H3,(H,32,34)(H,33,35);;;. The van der Waals surface area contributed by atoms with Crippen molar-refractivity contribution in [3.63, 3.8) is 0 Å². The number of carbonyl (C=O) groups excluding carboxylic acids is 4. The average Bonchev–Trinajstić information content (AvgIpc) is 4.14. The fraction of sp³-hybridized carbons (Fsp3) is 0.192. The monoisotopic (exact) mass is 1180 g/mol.